The lowest BCUT2D eigenvalue weighted by Crippen LogP contribution is -2.23. The molecule has 2 aromatic carbocycles. The largest absolute Gasteiger partial charge is 0.375 e. The first-order valence-corrected chi connectivity index (χ1v) is 7.83. The summed E-state index contributed by atoms with van der Waals surface area (Å²) in [6, 6.07) is 16.0. The molecule has 23 heavy (non-hydrogen) atoms. The molecule has 0 aliphatic rings. The van der Waals surface area contributed by atoms with Crippen LogP contribution in [0.2, 0.25) is 5.02 Å². The van der Waals surface area contributed by atoms with Gasteiger partial charge in [0.15, 0.2) is 5.11 Å². The summed E-state index contributed by atoms with van der Waals surface area (Å²) in [6.45, 7) is 0.691. The van der Waals surface area contributed by atoms with Crippen LogP contribution in [0.5, 0.6) is 0 Å². The van der Waals surface area contributed by atoms with Gasteiger partial charge < -0.3 is 10.3 Å². The Balaban J connectivity index is 1.99. The molecule has 0 atom stereocenters. The number of nitrogens with one attached hydrogen (secondary N) is 1. The number of nitrogens with two attached hydrogens (primary N) is 1. The number of fused-ring (bicyclic) bond motifs is 1. The Morgan fingerprint density at radius 3 is 2.74 bits per heavy atom. The summed E-state index contributed by atoms with van der Waals surface area (Å²) < 4.78 is 2.15. The van der Waals surface area contributed by atoms with Crippen LogP contribution in [0.4, 0.5) is 0 Å². The van der Waals surface area contributed by atoms with Crippen molar-refractivity contribution in [2.75, 3.05) is 0 Å². The van der Waals surface area contributed by atoms with Gasteiger partial charge in [-0.15, -0.1) is 0 Å². The van der Waals surface area contributed by atoms with E-state index in [4.69, 9.17) is 29.6 Å². The number of benzene rings is 2. The molecule has 0 aliphatic carbocycles. The number of rotatable bonds is 4. The minimum absolute atomic E-state index is 0.140. The zero-order valence-electron chi connectivity index (χ0n) is 12.2. The number of hydrogen-bond donors (Lipinski definition) is 2. The van der Waals surface area contributed by atoms with Crippen LogP contribution in [0.15, 0.2) is 59.8 Å². The number of halogens is 1. The number of aromatic nitrogens is 1. The molecule has 4 nitrogen and oxygen atoms in total. The number of para-hydroxylation sites is 1. The van der Waals surface area contributed by atoms with E-state index in [1.165, 1.54) is 0 Å². The third kappa shape index (κ3) is 3.52. The topological polar surface area (TPSA) is 55.3 Å². The molecule has 0 radical (unpaired) electrons. The standard InChI is InChI=1S/C17H15ClN4S/c18-15-7-3-1-5-12(15)10-22-11-13(9-20-21-17(19)23)14-6-2-4-8-16(14)22/h1-9,11H,10H2,(H3,19,21,23)/b20-9-. The van der Waals surface area contributed by atoms with Gasteiger partial charge in [0.1, 0.15) is 0 Å². The summed E-state index contributed by atoms with van der Waals surface area (Å²) in [5.74, 6) is 0. The van der Waals surface area contributed by atoms with Gasteiger partial charge >= 0.3 is 0 Å². The van der Waals surface area contributed by atoms with E-state index < -0.39 is 0 Å². The summed E-state index contributed by atoms with van der Waals surface area (Å²) in [6.07, 6.45) is 3.75. The first-order valence-electron chi connectivity index (χ1n) is 7.05. The van der Waals surface area contributed by atoms with Crippen molar-refractivity contribution in [3.63, 3.8) is 0 Å². The van der Waals surface area contributed by atoms with Crippen LogP contribution in [0, 0.1) is 0 Å². The molecule has 0 aliphatic heterocycles. The maximum Gasteiger partial charge on any atom is 0.184 e. The van der Waals surface area contributed by atoms with Gasteiger partial charge in [-0.3, -0.25) is 5.43 Å². The van der Waals surface area contributed by atoms with Gasteiger partial charge in [0, 0.05) is 34.2 Å². The predicted molar refractivity (Wildman–Crippen MR) is 100 cm³/mol. The van der Waals surface area contributed by atoms with E-state index in [-0.39, 0.29) is 5.11 Å². The molecule has 3 rings (SSSR count). The van der Waals surface area contributed by atoms with Crippen LogP contribution < -0.4 is 11.2 Å². The van der Waals surface area contributed by atoms with E-state index in [1.54, 1.807) is 6.21 Å². The molecule has 0 spiro atoms. The van der Waals surface area contributed by atoms with Crippen molar-refractivity contribution >= 4 is 46.0 Å². The van der Waals surface area contributed by atoms with Gasteiger partial charge in [-0.2, -0.15) is 5.10 Å². The fourth-order valence-electron chi connectivity index (χ4n) is 2.48. The van der Waals surface area contributed by atoms with Crippen molar-refractivity contribution < 1.29 is 0 Å². The Hall–Kier alpha value is -2.37. The van der Waals surface area contributed by atoms with E-state index in [2.05, 4.69) is 27.2 Å². The lowest BCUT2D eigenvalue weighted by atomic mass is 10.2. The quantitative estimate of drug-likeness (QED) is 0.433. The molecule has 3 aromatic rings. The SMILES string of the molecule is NC(=S)N/N=C\c1cn(Cc2ccccc2Cl)c2ccccc12. The molecule has 0 saturated heterocycles. The van der Waals surface area contributed by atoms with Crippen molar-refractivity contribution in [1.82, 2.24) is 9.99 Å². The second-order valence-corrected chi connectivity index (χ2v) is 5.90. The molecule has 0 bridgehead atoms. The Morgan fingerprint density at radius 2 is 1.96 bits per heavy atom. The third-order valence-corrected chi connectivity index (χ3v) is 3.96. The van der Waals surface area contributed by atoms with E-state index in [1.807, 2.05) is 42.6 Å². The Labute approximate surface area is 144 Å². The molecule has 3 N–H and O–H groups in total. The zero-order valence-corrected chi connectivity index (χ0v) is 13.8. The van der Waals surface area contributed by atoms with Gasteiger partial charge in [0.2, 0.25) is 0 Å². The number of thiocarbonyl (C=S) groups is 1. The van der Waals surface area contributed by atoms with Crippen molar-refractivity contribution in [3.05, 3.63) is 70.9 Å². The van der Waals surface area contributed by atoms with E-state index in [0.717, 1.165) is 27.1 Å². The van der Waals surface area contributed by atoms with Crippen LogP contribution in [0.1, 0.15) is 11.1 Å². The molecule has 0 saturated carbocycles. The Bertz CT molecular complexity index is 885. The van der Waals surface area contributed by atoms with Crippen molar-refractivity contribution in [3.8, 4) is 0 Å². The lowest BCUT2D eigenvalue weighted by molar-refractivity contribution is 0.836. The van der Waals surface area contributed by atoms with Crippen LogP contribution in [0.25, 0.3) is 10.9 Å². The van der Waals surface area contributed by atoms with E-state index >= 15 is 0 Å². The smallest absolute Gasteiger partial charge is 0.184 e. The van der Waals surface area contributed by atoms with Crippen molar-refractivity contribution in [1.29, 1.82) is 0 Å². The number of nitrogens with zero attached hydrogens (tertiary/aromatic N) is 2. The molecule has 6 heteroatoms. The molecule has 116 valence electrons. The van der Waals surface area contributed by atoms with Gasteiger partial charge in [0.25, 0.3) is 0 Å². The Morgan fingerprint density at radius 1 is 1.22 bits per heavy atom. The minimum atomic E-state index is 0.140. The van der Waals surface area contributed by atoms with E-state index in [9.17, 15) is 0 Å². The highest BCUT2D eigenvalue weighted by Gasteiger charge is 2.08. The number of hydrogen-bond acceptors (Lipinski definition) is 2. The van der Waals surface area contributed by atoms with Crippen LogP contribution in [0.3, 0.4) is 0 Å². The van der Waals surface area contributed by atoms with Gasteiger partial charge in [-0.05, 0) is 29.9 Å². The first-order chi connectivity index (χ1) is 11.1. The highest BCUT2D eigenvalue weighted by molar-refractivity contribution is 7.80. The normalized spacial score (nSPS) is 11.2. The van der Waals surface area contributed by atoms with Crippen LogP contribution in [-0.2, 0) is 6.54 Å². The average molecular weight is 343 g/mol. The average Bonchev–Trinajstić information content (AvgIpc) is 2.88. The summed E-state index contributed by atoms with van der Waals surface area (Å²) in [5, 5.41) is 6.05. The first kappa shape index (κ1) is 15.5. The van der Waals surface area contributed by atoms with Gasteiger partial charge in [-0.25, -0.2) is 0 Å². The molecular weight excluding hydrogens is 328 g/mol. The predicted octanol–water partition coefficient (Wildman–Crippen LogP) is 3.51. The van der Waals surface area contributed by atoms with Crippen LogP contribution >= 0.6 is 23.8 Å². The molecular formula is C17H15ClN4S. The molecule has 1 heterocycles. The fraction of sp³-hybridized carbons (Fsp3) is 0.0588. The van der Waals surface area contributed by atoms with Gasteiger partial charge in [-0.1, -0.05) is 48.0 Å². The summed E-state index contributed by atoms with van der Waals surface area (Å²) in [4.78, 5) is 0. The molecule has 0 fully saturated rings. The molecule has 1 aromatic heterocycles. The second kappa shape index (κ2) is 6.81. The number of hydrazone groups is 1. The molecule has 0 unspecified atom stereocenters. The van der Waals surface area contributed by atoms with Crippen molar-refractivity contribution in [2.24, 2.45) is 10.8 Å². The van der Waals surface area contributed by atoms with Crippen molar-refractivity contribution in [2.45, 2.75) is 6.54 Å². The fourth-order valence-corrected chi connectivity index (χ4v) is 2.73. The lowest BCUT2D eigenvalue weighted by Gasteiger charge is -2.07. The monoisotopic (exact) mass is 342 g/mol. The zero-order chi connectivity index (χ0) is 16.2. The summed E-state index contributed by atoms with van der Waals surface area (Å²) in [5.41, 5.74) is 11.1. The highest BCUT2D eigenvalue weighted by Crippen LogP contribution is 2.23. The summed E-state index contributed by atoms with van der Waals surface area (Å²) >= 11 is 11.0. The maximum atomic E-state index is 6.27. The summed E-state index contributed by atoms with van der Waals surface area (Å²) in [7, 11) is 0. The minimum Gasteiger partial charge on any atom is -0.375 e. The second-order valence-electron chi connectivity index (χ2n) is 5.06. The third-order valence-electron chi connectivity index (χ3n) is 3.50. The van der Waals surface area contributed by atoms with E-state index in [0.29, 0.717) is 6.54 Å². The Kier molecular flexibility index (Phi) is 4.60. The van der Waals surface area contributed by atoms with Gasteiger partial charge in [0.05, 0.1) is 6.21 Å². The maximum absolute atomic E-state index is 6.27. The highest BCUT2D eigenvalue weighted by atomic mass is 35.5. The van der Waals surface area contributed by atoms with Crippen LogP contribution in [-0.4, -0.2) is 15.9 Å². The molecule has 0 amide bonds.